The van der Waals surface area contributed by atoms with Crippen LogP contribution in [0.25, 0.3) is 0 Å². The zero-order chi connectivity index (χ0) is 12.3. The van der Waals surface area contributed by atoms with Crippen molar-refractivity contribution in [3.8, 4) is 5.75 Å². The Hall–Kier alpha value is -0.810. The lowest BCUT2D eigenvalue weighted by molar-refractivity contribution is -0.139. The molecule has 0 amide bonds. The van der Waals surface area contributed by atoms with Crippen LogP contribution in [0.15, 0.2) is 12.1 Å². The van der Waals surface area contributed by atoms with E-state index in [1.807, 2.05) is 0 Å². The van der Waals surface area contributed by atoms with E-state index in [1.54, 1.807) is 0 Å². The molecule has 1 aromatic rings. The number of benzene rings is 1. The van der Waals surface area contributed by atoms with Crippen LogP contribution in [0.1, 0.15) is 6.42 Å². The first kappa shape index (κ1) is 13.3. The molecule has 0 heterocycles. The van der Waals surface area contributed by atoms with Gasteiger partial charge >= 0.3 is 6.18 Å². The van der Waals surface area contributed by atoms with Gasteiger partial charge in [0.05, 0.1) is 23.1 Å². The number of anilines is 1. The number of hydrogen-bond acceptors (Lipinski definition) is 2. The molecule has 90 valence electrons. The lowest BCUT2D eigenvalue weighted by atomic mass is 10.3. The summed E-state index contributed by atoms with van der Waals surface area (Å²) in [5, 5.41) is 0.180. The minimum Gasteiger partial charge on any atom is -0.490 e. The molecule has 2 nitrogen and oxygen atoms in total. The molecule has 0 spiro atoms. The molecule has 2 N–H and O–H groups in total. The second kappa shape index (κ2) is 5.01. The van der Waals surface area contributed by atoms with Crippen molar-refractivity contribution >= 4 is 28.9 Å². The van der Waals surface area contributed by atoms with Gasteiger partial charge in [0.2, 0.25) is 0 Å². The second-order valence-corrected chi connectivity index (χ2v) is 3.84. The summed E-state index contributed by atoms with van der Waals surface area (Å²) in [6, 6.07) is 2.71. The van der Waals surface area contributed by atoms with E-state index in [2.05, 4.69) is 0 Å². The highest BCUT2D eigenvalue weighted by molar-refractivity contribution is 6.37. The van der Waals surface area contributed by atoms with Crippen LogP contribution < -0.4 is 10.5 Å². The van der Waals surface area contributed by atoms with Crippen molar-refractivity contribution in [2.45, 2.75) is 12.6 Å². The lowest BCUT2D eigenvalue weighted by Gasteiger charge is -2.11. The van der Waals surface area contributed by atoms with Gasteiger partial charge in [-0.1, -0.05) is 23.2 Å². The van der Waals surface area contributed by atoms with E-state index in [4.69, 9.17) is 33.7 Å². The normalized spacial score (nSPS) is 11.6. The van der Waals surface area contributed by atoms with E-state index >= 15 is 0 Å². The zero-order valence-electron chi connectivity index (χ0n) is 7.94. The summed E-state index contributed by atoms with van der Waals surface area (Å²) < 4.78 is 40.4. The molecule has 1 rings (SSSR count). The van der Waals surface area contributed by atoms with Crippen LogP contribution in [-0.4, -0.2) is 12.8 Å². The predicted molar refractivity (Wildman–Crippen MR) is 57.0 cm³/mol. The molecule has 0 atom stereocenters. The third-order valence-corrected chi connectivity index (χ3v) is 2.21. The number of ether oxygens (including phenoxy) is 1. The first-order chi connectivity index (χ1) is 7.29. The molecule has 0 radical (unpaired) electrons. The number of halogens is 5. The first-order valence-corrected chi connectivity index (χ1v) is 4.99. The minimum atomic E-state index is -4.27. The Morgan fingerprint density at radius 3 is 2.12 bits per heavy atom. The van der Waals surface area contributed by atoms with Crippen molar-refractivity contribution in [1.82, 2.24) is 0 Å². The van der Waals surface area contributed by atoms with Gasteiger partial charge in [-0.25, -0.2) is 0 Å². The molecule has 0 aliphatic rings. The Balaban J connectivity index is 2.68. The molecular formula is C9H8Cl2F3NO. The van der Waals surface area contributed by atoms with Gasteiger partial charge in [0.25, 0.3) is 0 Å². The lowest BCUT2D eigenvalue weighted by Crippen LogP contribution is -2.13. The number of rotatable bonds is 3. The van der Waals surface area contributed by atoms with Crippen LogP contribution in [0.2, 0.25) is 10.0 Å². The zero-order valence-corrected chi connectivity index (χ0v) is 9.46. The Labute approximate surface area is 100 Å². The van der Waals surface area contributed by atoms with Crippen molar-refractivity contribution in [2.75, 3.05) is 12.3 Å². The van der Waals surface area contributed by atoms with Crippen LogP contribution in [-0.2, 0) is 0 Å². The van der Waals surface area contributed by atoms with Gasteiger partial charge in [0.1, 0.15) is 0 Å². The molecule has 0 fully saturated rings. The molecule has 0 aromatic heterocycles. The van der Waals surface area contributed by atoms with Crippen LogP contribution in [0.3, 0.4) is 0 Å². The molecule has 0 unspecified atom stereocenters. The maximum atomic E-state index is 11.9. The van der Waals surface area contributed by atoms with Gasteiger partial charge in [0, 0.05) is 5.69 Å². The second-order valence-electron chi connectivity index (χ2n) is 3.03. The molecule has 0 saturated carbocycles. The molecule has 16 heavy (non-hydrogen) atoms. The Kier molecular flexibility index (Phi) is 4.15. The van der Waals surface area contributed by atoms with E-state index in [1.165, 1.54) is 12.1 Å². The van der Waals surface area contributed by atoms with E-state index in [-0.39, 0.29) is 15.8 Å². The average molecular weight is 274 g/mol. The molecule has 0 bridgehead atoms. The van der Waals surface area contributed by atoms with Gasteiger partial charge < -0.3 is 10.5 Å². The Bertz CT molecular complexity index is 359. The maximum Gasteiger partial charge on any atom is 0.392 e. The molecule has 1 aromatic carbocycles. The van der Waals surface area contributed by atoms with Crippen LogP contribution in [0.4, 0.5) is 18.9 Å². The summed E-state index contributed by atoms with van der Waals surface area (Å²) in [6.45, 7) is -0.535. The van der Waals surface area contributed by atoms with E-state index in [0.717, 1.165) is 0 Å². The van der Waals surface area contributed by atoms with E-state index in [9.17, 15) is 13.2 Å². The van der Waals surface area contributed by atoms with Crippen LogP contribution in [0.5, 0.6) is 5.75 Å². The summed E-state index contributed by atoms with van der Waals surface area (Å²) in [5.41, 5.74) is 5.74. The van der Waals surface area contributed by atoms with Crippen LogP contribution in [0, 0.1) is 0 Å². The van der Waals surface area contributed by atoms with E-state index < -0.39 is 19.2 Å². The predicted octanol–water partition coefficient (Wildman–Crippen LogP) is 3.91. The summed E-state index contributed by atoms with van der Waals surface area (Å²) >= 11 is 11.4. The fourth-order valence-corrected chi connectivity index (χ4v) is 1.60. The SMILES string of the molecule is Nc1cc(Cl)c(OCCC(F)(F)F)c(Cl)c1. The molecule has 7 heteroatoms. The summed E-state index contributed by atoms with van der Waals surface area (Å²) in [6.07, 6.45) is -5.34. The topological polar surface area (TPSA) is 35.2 Å². The van der Waals surface area contributed by atoms with E-state index in [0.29, 0.717) is 5.69 Å². The Morgan fingerprint density at radius 1 is 1.19 bits per heavy atom. The first-order valence-electron chi connectivity index (χ1n) is 4.23. The Morgan fingerprint density at radius 2 is 1.69 bits per heavy atom. The number of nitrogen functional groups attached to an aromatic ring is 1. The monoisotopic (exact) mass is 273 g/mol. The molecule has 0 saturated heterocycles. The third-order valence-electron chi connectivity index (χ3n) is 1.65. The highest BCUT2D eigenvalue weighted by Gasteiger charge is 2.27. The van der Waals surface area contributed by atoms with Crippen molar-refractivity contribution in [3.05, 3.63) is 22.2 Å². The largest absolute Gasteiger partial charge is 0.490 e. The molecule has 0 aliphatic heterocycles. The van der Waals surface area contributed by atoms with Crippen molar-refractivity contribution < 1.29 is 17.9 Å². The van der Waals surface area contributed by atoms with Gasteiger partial charge in [-0.3, -0.25) is 0 Å². The molecule has 0 aliphatic carbocycles. The summed E-state index contributed by atoms with van der Waals surface area (Å²) in [4.78, 5) is 0. The third kappa shape index (κ3) is 3.98. The number of nitrogens with two attached hydrogens (primary N) is 1. The maximum absolute atomic E-state index is 11.9. The number of alkyl halides is 3. The summed E-state index contributed by atoms with van der Waals surface area (Å²) in [7, 11) is 0. The van der Waals surface area contributed by atoms with Crippen molar-refractivity contribution in [3.63, 3.8) is 0 Å². The highest BCUT2D eigenvalue weighted by atomic mass is 35.5. The fraction of sp³-hybridized carbons (Fsp3) is 0.333. The highest BCUT2D eigenvalue weighted by Crippen LogP contribution is 2.35. The fourth-order valence-electron chi connectivity index (χ4n) is 0.986. The number of hydrogen-bond donors (Lipinski definition) is 1. The standard InChI is InChI=1S/C9H8Cl2F3NO/c10-6-3-5(15)4-7(11)8(6)16-2-1-9(12,13)14/h3-4H,1-2,15H2. The van der Waals surface area contributed by atoms with Crippen molar-refractivity contribution in [1.29, 1.82) is 0 Å². The summed E-state index contributed by atoms with van der Waals surface area (Å²) in [5.74, 6) is 0.0155. The van der Waals surface area contributed by atoms with Gasteiger partial charge in [-0.05, 0) is 12.1 Å². The van der Waals surface area contributed by atoms with Crippen molar-refractivity contribution in [2.24, 2.45) is 0 Å². The van der Waals surface area contributed by atoms with Gasteiger partial charge in [0.15, 0.2) is 5.75 Å². The van der Waals surface area contributed by atoms with Gasteiger partial charge in [-0.2, -0.15) is 13.2 Å². The van der Waals surface area contributed by atoms with Crippen LogP contribution >= 0.6 is 23.2 Å². The van der Waals surface area contributed by atoms with Gasteiger partial charge in [-0.15, -0.1) is 0 Å². The smallest absolute Gasteiger partial charge is 0.392 e. The minimum absolute atomic E-state index is 0.0155. The average Bonchev–Trinajstić information content (AvgIpc) is 2.07. The quantitative estimate of drug-likeness (QED) is 0.848. The molecular weight excluding hydrogens is 266 g/mol.